The molecule has 3 N–H and O–H groups in total. The third-order valence-corrected chi connectivity index (χ3v) is 3.40. The van der Waals surface area contributed by atoms with Crippen molar-refractivity contribution in [2.75, 3.05) is 12.4 Å². The molecular weight excluding hydrogens is 368 g/mol. The number of carbonyl (C=O) groups excluding carboxylic acids is 1. The van der Waals surface area contributed by atoms with Crippen molar-refractivity contribution in [1.82, 2.24) is 20.6 Å². The lowest BCUT2D eigenvalue weighted by Crippen LogP contribution is -2.43. The van der Waals surface area contributed by atoms with Crippen molar-refractivity contribution >= 4 is 28.9 Å². The van der Waals surface area contributed by atoms with Crippen molar-refractivity contribution in [3.8, 4) is 11.5 Å². The first-order valence-corrected chi connectivity index (χ1v) is 7.71. The number of aromatic nitrogens is 2. The predicted octanol–water partition coefficient (Wildman–Crippen LogP) is 1.97. The van der Waals surface area contributed by atoms with Crippen LogP contribution in [0.4, 0.5) is 14.5 Å². The molecule has 1 amide bonds. The highest BCUT2D eigenvalue weighted by atomic mass is 32.1. The number of benzene rings is 1. The summed E-state index contributed by atoms with van der Waals surface area (Å²) in [6.45, 7) is -1.19. The van der Waals surface area contributed by atoms with Gasteiger partial charge in [-0.3, -0.25) is 20.3 Å². The first-order chi connectivity index (χ1) is 12.3. The normalized spacial score (nSPS) is 10.4. The summed E-state index contributed by atoms with van der Waals surface area (Å²) in [6, 6.07) is 3.81. The van der Waals surface area contributed by atoms with E-state index in [1.54, 1.807) is 24.9 Å². The summed E-state index contributed by atoms with van der Waals surface area (Å²) in [5, 5.41) is 7.19. The Labute approximate surface area is 153 Å². The molecular formula is C15H17F2N5O3S. The number of amides is 1. The maximum absolute atomic E-state index is 12.3. The molecule has 0 aliphatic rings. The first-order valence-electron chi connectivity index (χ1n) is 7.30. The number of rotatable bonds is 5. The Balaban J connectivity index is 1.96. The fourth-order valence-electron chi connectivity index (χ4n) is 2.06. The van der Waals surface area contributed by atoms with Crippen LogP contribution in [0.25, 0.3) is 0 Å². The summed E-state index contributed by atoms with van der Waals surface area (Å²) in [7, 11) is 3.05. The molecule has 0 radical (unpaired) electrons. The van der Waals surface area contributed by atoms with E-state index in [0.29, 0.717) is 5.69 Å². The second-order valence-corrected chi connectivity index (χ2v) is 5.49. The van der Waals surface area contributed by atoms with E-state index >= 15 is 0 Å². The van der Waals surface area contributed by atoms with Gasteiger partial charge in [-0.15, -0.1) is 0 Å². The molecule has 0 aliphatic carbocycles. The van der Waals surface area contributed by atoms with E-state index in [1.165, 1.54) is 25.3 Å². The average Bonchev–Trinajstić information content (AvgIpc) is 2.89. The number of aryl methyl sites for hydroxylation is 2. The monoisotopic (exact) mass is 385 g/mol. The lowest BCUT2D eigenvalue weighted by molar-refractivity contribution is -0.0512. The van der Waals surface area contributed by atoms with Gasteiger partial charge in [-0.05, 0) is 37.3 Å². The van der Waals surface area contributed by atoms with E-state index in [4.69, 9.17) is 17.0 Å². The largest absolute Gasteiger partial charge is 0.493 e. The molecule has 0 saturated carbocycles. The first kappa shape index (κ1) is 19.4. The Morgan fingerprint density at radius 1 is 1.31 bits per heavy atom. The van der Waals surface area contributed by atoms with E-state index in [9.17, 15) is 13.6 Å². The topological polar surface area (TPSA) is 89.4 Å². The number of nitrogens with one attached hydrogen (secondary N) is 3. The van der Waals surface area contributed by atoms with Crippen molar-refractivity contribution in [3.05, 3.63) is 35.7 Å². The summed E-state index contributed by atoms with van der Waals surface area (Å²) >= 11 is 5.09. The third-order valence-electron chi connectivity index (χ3n) is 3.19. The van der Waals surface area contributed by atoms with Gasteiger partial charge in [0.25, 0.3) is 5.91 Å². The van der Waals surface area contributed by atoms with E-state index in [2.05, 4.69) is 26.0 Å². The molecule has 1 heterocycles. The zero-order valence-corrected chi connectivity index (χ0v) is 15.0. The van der Waals surface area contributed by atoms with Gasteiger partial charge in [0.05, 0.1) is 18.5 Å². The van der Waals surface area contributed by atoms with Gasteiger partial charge >= 0.3 is 6.61 Å². The molecule has 11 heteroatoms. The van der Waals surface area contributed by atoms with Gasteiger partial charge in [0.1, 0.15) is 0 Å². The minimum atomic E-state index is -3.00. The van der Waals surface area contributed by atoms with E-state index < -0.39 is 12.5 Å². The van der Waals surface area contributed by atoms with Crippen LogP contribution in [0.15, 0.2) is 24.4 Å². The number of thiocarbonyl (C=S) groups is 1. The molecule has 0 aliphatic heterocycles. The maximum atomic E-state index is 12.3. The van der Waals surface area contributed by atoms with Crippen LogP contribution in [0.3, 0.4) is 0 Å². The van der Waals surface area contributed by atoms with Crippen molar-refractivity contribution in [2.24, 2.45) is 7.05 Å². The van der Waals surface area contributed by atoms with Gasteiger partial charge in [-0.2, -0.15) is 13.9 Å². The fraction of sp³-hybridized carbons (Fsp3) is 0.267. The molecule has 0 saturated heterocycles. The molecule has 0 fully saturated rings. The predicted molar refractivity (Wildman–Crippen MR) is 94.4 cm³/mol. The third kappa shape index (κ3) is 5.02. The molecule has 26 heavy (non-hydrogen) atoms. The second kappa shape index (κ2) is 8.43. The minimum Gasteiger partial charge on any atom is -0.493 e. The highest BCUT2D eigenvalue weighted by Crippen LogP contribution is 2.29. The molecule has 1 aromatic carbocycles. The van der Waals surface area contributed by atoms with Crippen LogP contribution in [0, 0.1) is 6.92 Å². The summed E-state index contributed by atoms with van der Waals surface area (Å²) in [5.74, 6) is -0.708. The Hall–Kier alpha value is -2.95. The highest BCUT2D eigenvalue weighted by Gasteiger charge is 2.14. The zero-order chi connectivity index (χ0) is 19.3. The standard InChI is InChI=1S/C15H17F2N5O3S/c1-8-10(7-22(2)21-8)18-15(26)20-19-13(23)9-4-5-11(25-14(16)17)12(6-9)24-3/h4-7,14H,1-3H3,(H,19,23)(H2,18,20,26). The molecule has 0 unspecified atom stereocenters. The Morgan fingerprint density at radius 3 is 2.62 bits per heavy atom. The van der Waals surface area contributed by atoms with Crippen LogP contribution in [0.2, 0.25) is 0 Å². The molecule has 2 aromatic rings. The smallest absolute Gasteiger partial charge is 0.387 e. The average molecular weight is 385 g/mol. The lowest BCUT2D eigenvalue weighted by atomic mass is 10.2. The lowest BCUT2D eigenvalue weighted by Gasteiger charge is -2.13. The van der Waals surface area contributed by atoms with Crippen molar-refractivity contribution in [3.63, 3.8) is 0 Å². The molecule has 2 rings (SSSR count). The summed E-state index contributed by atoms with van der Waals surface area (Å²) in [4.78, 5) is 12.2. The number of methoxy groups -OCH3 is 1. The number of nitrogens with zero attached hydrogens (tertiary/aromatic N) is 2. The second-order valence-electron chi connectivity index (χ2n) is 5.08. The van der Waals surface area contributed by atoms with Crippen LogP contribution in [0.5, 0.6) is 11.5 Å². The minimum absolute atomic E-state index is 0.00429. The zero-order valence-electron chi connectivity index (χ0n) is 14.2. The Bertz CT molecular complexity index is 813. The van der Waals surface area contributed by atoms with Crippen LogP contribution in [0.1, 0.15) is 16.1 Å². The molecule has 8 nitrogen and oxygen atoms in total. The number of hydrogen-bond donors (Lipinski definition) is 3. The van der Waals surface area contributed by atoms with Gasteiger partial charge in [-0.25, -0.2) is 0 Å². The van der Waals surface area contributed by atoms with Crippen LogP contribution in [-0.2, 0) is 7.05 Å². The number of anilines is 1. The number of hydrogen-bond acceptors (Lipinski definition) is 5. The van der Waals surface area contributed by atoms with Crippen LogP contribution in [-0.4, -0.2) is 34.5 Å². The van der Waals surface area contributed by atoms with E-state index in [1.807, 2.05) is 0 Å². The van der Waals surface area contributed by atoms with Crippen LogP contribution >= 0.6 is 12.2 Å². The quantitative estimate of drug-likeness (QED) is 0.536. The summed E-state index contributed by atoms with van der Waals surface area (Å²) in [6.07, 6.45) is 1.73. The molecule has 0 spiro atoms. The molecule has 140 valence electrons. The molecule has 0 bridgehead atoms. The number of hydrazine groups is 1. The fourth-order valence-corrected chi connectivity index (χ4v) is 2.22. The Kier molecular flexibility index (Phi) is 6.28. The van der Waals surface area contributed by atoms with Gasteiger partial charge < -0.3 is 14.8 Å². The van der Waals surface area contributed by atoms with E-state index in [0.717, 1.165) is 5.69 Å². The van der Waals surface area contributed by atoms with Gasteiger partial charge in [0.2, 0.25) is 0 Å². The number of carbonyl (C=O) groups is 1. The summed E-state index contributed by atoms with van der Waals surface area (Å²) < 4.78 is 35.5. The van der Waals surface area contributed by atoms with Crippen molar-refractivity contribution in [1.29, 1.82) is 0 Å². The van der Waals surface area contributed by atoms with Gasteiger partial charge in [-0.1, -0.05) is 0 Å². The van der Waals surface area contributed by atoms with Crippen molar-refractivity contribution < 1.29 is 23.0 Å². The number of ether oxygens (including phenoxy) is 2. The summed E-state index contributed by atoms with van der Waals surface area (Å²) in [5.41, 5.74) is 6.53. The van der Waals surface area contributed by atoms with Gasteiger partial charge in [0, 0.05) is 18.8 Å². The highest BCUT2D eigenvalue weighted by molar-refractivity contribution is 7.80. The SMILES string of the molecule is COc1cc(C(=O)NNC(=S)Nc2cn(C)nc2C)ccc1OC(F)F. The number of alkyl halides is 2. The van der Waals surface area contributed by atoms with Crippen LogP contribution < -0.4 is 25.6 Å². The molecule has 1 aromatic heterocycles. The maximum Gasteiger partial charge on any atom is 0.387 e. The number of halogens is 2. The Morgan fingerprint density at radius 2 is 2.04 bits per heavy atom. The van der Waals surface area contributed by atoms with Crippen molar-refractivity contribution in [2.45, 2.75) is 13.5 Å². The molecule has 0 atom stereocenters. The van der Waals surface area contributed by atoms with Gasteiger partial charge in [0.15, 0.2) is 16.6 Å². The van der Waals surface area contributed by atoms with E-state index in [-0.39, 0.29) is 22.2 Å².